The van der Waals surface area contributed by atoms with Gasteiger partial charge >= 0.3 is 0 Å². The van der Waals surface area contributed by atoms with Crippen molar-refractivity contribution >= 4 is 10.1 Å². The first kappa shape index (κ1) is 19.5. The SMILES string of the molecule is CCCCCCCCc1ccc(Oc2cccc(S(=O)(=O)O)c2)cc1. The number of rotatable bonds is 10. The summed E-state index contributed by atoms with van der Waals surface area (Å²) in [5, 5.41) is 0. The first-order valence-electron chi connectivity index (χ1n) is 8.83. The first-order chi connectivity index (χ1) is 12.0. The average molecular weight is 362 g/mol. The Hall–Kier alpha value is -1.85. The molecule has 2 rings (SSSR count). The van der Waals surface area contributed by atoms with E-state index in [1.165, 1.54) is 62.3 Å². The van der Waals surface area contributed by atoms with E-state index in [0.29, 0.717) is 11.5 Å². The minimum absolute atomic E-state index is 0.176. The molecule has 4 nitrogen and oxygen atoms in total. The molecule has 0 bridgehead atoms. The highest BCUT2D eigenvalue weighted by Crippen LogP contribution is 2.24. The Morgan fingerprint density at radius 3 is 2.24 bits per heavy atom. The van der Waals surface area contributed by atoms with Crippen LogP contribution in [0.3, 0.4) is 0 Å². The van der Waals surface area contributed by atoms with Crippen LogP contribution < -0.4 is 4.74 Å². The molecule has 0 heterocycles. The van der Waals surface area contributed by atoms with Gasteiger partial charge in [-0.1, -0.05) is 57.2 Å². The van der Waals surface area contributed by atoms with Crippen molar-refractivity contribution in [3.05, 3.63) is 54.1 Å². The predicted octanol–water partition coefficient (Wildman–Crippen LogP) is 5.63. The zero-order valence-electron chi connectivity index (χ0n) is 14.6. The van der Waals surface area contributed by atoms with Gasteiger partial charge in [0.2, 0.25) is 0 Å². The summed E-state index contributed by atoms with van der Waals surface area (Å²) in [5.74, 6) is 1.01. The summed E-state index contributed by atoms with van der Waals surface area (Å²) in [6.07, 6.45) is 8.75. The number of hydrogen-bond acceptors (Lipinski definition) is 3. The van der Waals surface area contributed by atoms with E-state index in [-0.39, 0.29) is 4.90 Å². The molecule has 2 aromatic rings. The Morgan fingerprint density at radius 1 is 0.880 bits per heavy atom. The molecule has 1 N–H and O–H groups in total. The molecule has 0 saturated carbocycles. The Labute approximate surface area is 150 Å². The molecule has 0 amide bonds. The van der Waals surface area contributed by atoms with Gasteiger partial charge in [0.1, 0.15) is 11.5 Å². The fourth-order valence-corrected chi connectivity index (χ4v) is 3.18. The van der Waals surface area contributed by atoms with Gasteiger partial charge in [-0.05, 0) is 42.7 Å². The summed E-state index contributed by atoms with van der Waals surface area (Å²) in [6.45, 7) is 2.22. The number of unbranched alkanes of at least 4 members (excludes halogenated alkanes) is 5. The second-order valence-corrected chi connectivity index (χ2v) is 7.64. The standard InChI is InChI=1S/C20H26O4S/c1-2-3-4-5-6-7-9-17-12-14-18(15-13-17)24-19-10-8-11-20(16-19)25(21,22)23/h8,10-16H,2-7,9H2,1H3,(H,21,22,23). The number of ether oxygens (including phenoxy) is 1. The molecule has 5 heteroatoms. The van der Waals surface area contributed by atoms with Gasteiger partial charge in [0.15, 0.2) is 0 Å². The molecule has 2 aromatic carbocycles. The van der Waals surface area contributed by atoms with Crippen LogP contribution >= 0.6 is 0 Å². The van der Waals surface area contributed by atoms with E-state index >= 15 is 0 Å². The van der Waals surface area contributed by atoms with Gasteiger partial charge < -0.3 is 4.74 Å². The molecule has 0 radical (unpaired) electrons. The van der Waals surface area contributed by atoms with E-state index in [1.807, 2.05) is 24.3 Å². The van der Waals surface area contributed by atoms with E-state index in [2.05, 4.69) is 6.92 Å². The Kier molecular flexibility index (Phi) is 7.47. The van der Waals surface area contributed by atoms with Gasteiger partial charge in [-0.3, -0.25) is 4.55 Å². The van der Waals surface area contributed by atoms with Crippen LogP contribution in [0.1, 0.15) is 51.0 Å². The predicted molar refractivity (Wildman–Crippen MR) is 99.9 cm³/mol. The fourth-order valence-electron chi connectivity index (χ4n) is 2.67. The third-order valence-corrected chi connectivity index (χ3v) is 4.93. The van der Waals surface area contributed by atoms with Crippen molar-refractivity contribution < 1.29 is 17.7 Å². The van der Waals surface area contributed by atoms with Crippen LogP contribution in [0.4, 0.5) is 0 Å². The largest absolute Gasteiger partial charge is 0.457 e. The maximum Gasteiger partial charge on any atom is 0.294 e. The van der Waals surface area contributed by atoms with Crippen LogP contribution in [0.2, 0.25) is 0 Å². The average Bonchev–Trinajstić information content (AvgIpc) is 2.59. The molecule has 0 fully saturated rings. The monoisotopic (exact) mass is 362 g/mol. The maximum absolute atomic E-state index is 11.2. The third-order valence-electron chi connectivity index (χ3n) is 4.08. The highest BCUT2D eigenvalue weighted by atomic mass is 32.2. The van der Waals surface area contributed by atoms with Crippen LogP contribution in [-0.4, -0.2) is 13.0 Å². The van der Waals surface area contributed by atoms with Crippen LogP contribution in [0.15, 0.2) is 53.4 Å². The highest BCUT2D eigenvalue weighted by Gasteiger charge is 2.10. The zero-order valence-corrected chi connectivity index (χ0v) is 15.5. The van der Waals surface area contributed by atoms with E-state index in [1.54, 1.807) is 6.07 Å². The molecule has 0 aromatic heterocycles. The van der Waals surface area contributed by atoms with Crippen molar-refractivity contribution in [3.63, 3.8) is 0 Å². The van der Waals surface area contributed by atoms with E-state index in [4.69, 9.17) is 9.29 Å². The molecule has 0 aliphatic carbocycles. The smallest absolute Gasteiger partial charge is 0.294 e. The van der Waals surface area contributed by atoms with Crippen molar-refractivity contribution in [2.75, 3.05) is 0 Å². The summed E-state index contributed by atoms with van der Waals surface area (Å²) in [6, 6.07) is 13.6. The molecule has 0 aliphatic heterocycles. The van der Waals surface area contributed by atoms with Crippen LogP contribution in [0.5, 0.6) is 11.5 Å². The molecular weight excluding hydrogens is 336 g/mol. The number of aryl methyl sites for hydroxylation is 1. The Bertz CT molecular complexity index is 752. The molecule has 0 atom stereocenters. The lowest BCUT2D eigenvalue weighted by atomic mass is 10.0. The summed E-state index contributed by atoms with van der Waals surface area (Å²) in [4.78, 5) is -0.176. The van der Waals surface area contributed by atoms with E-state index < -0.39 is 10.1 Å². The van der Waals surface area contributed by atoms with Gasteiger partial charge in [-0.15, -0.1) is 0 Å². The fraction of sp³-hybridized carbons (Fsp3) is 0.400. The minimum atomic E-state index is -4.22. The minimum Gasteiger partial charge on any atom is -0.457 e. The third kappa shape index (κ3) is 6.88. The van der Waals surface area contributed by atoms with Gasteiger partial charge in [0, 0.05) is 6.07 Å². The van der Waals surface area contributed by atoms with Crippen molar-refractivity contribution in [1.82, 2.24) is 0 Å². The Balaban J connectivity index is 1.86. The lowest BCUT2D eigenvalue weighted by Crippen LogP contribution is -1.98. The molecule has 0 aliphatic rings. The van der Waals surface area contributed by atoms with Crippen molar-refractivity contribution in [1.29, 1.82) is 0 Å². The van der Waals surface area contributed by atoms with Gasteiger partial charge in [0.25, 0.3) is 10.1 Å². The summed E-state index contributed by atoms with van der Waals surface area (Å²) in [5.41, 5.74) is 1.27. The lowest BCUT2D eigenvalue weighted by Gasteiger charge is -2.08. The van der Waals surface area contributed by atoms with Crippen molar-refractivity contribution in [2.45, 2.75) is 56.8 Å². The van der Waals surface area contributed by atoms with Crippen LogP contribution in [0, 0.1) is 0 Å². The van der Waals surface area contributed by atoms with Crippen LogP contribution in [0.25, 0.3) is 0 Å². The molecular formula is C20H26O4S. The lowest BCUT2D eigenvalue weighted by molar-refractivity contribution is 0.471. The molecule has 25 heavy (non-hydrogen) atoms. The zero-order chi connectivity index (χ0) is 18.1. The van der Waals surface area contributed by atoms with Gasteiger partial charge in [0.05, 0.1) is 4.90 Å². The number of hydrogen-bond donors (Lipinski definition) is 1. The molecule has 136 valence electrons. The first-order valence-corrected chi connectivity index (χ1v) is 10.3. The quantitative estimate of drug-likeness (QED) is 0.439. The summed E-state index contributed by atoms with van der Waals surface area (Å²) < 4.78 is 37.1. The summed E-state index contributed by atoms with van der Waals surface area (Å²) in [7, 11) is -4.22. The van der Waals surface area contributed by atoms with Gasteiger partial charge in [-0.25, -0.2) is 0 Å². The Morgan fingerprint density at radius 2 is 1.56 bits per heavy atom. The molecule has 0 spiro atoms. The van der Waals surface area contributed by atoms with Crippen LogP contribution in [-0.2, 0) is 16.5 Å². The second-order valence-electron chi connectivity index (χ2n) is 6.21. The molecule has 0 unspecified atom stereocenters. The van der Waals surface area contributed by atoms with Gasteiger partial charge in [-0.2, -0.15) is 8.42 Å². The van der Waals surface area contributed by atoms with E-state index in [9.17, 15) is 8.42 Å². The summed E-state index contributed by atoms with van der Waals surface area (Å²) >= 11 is 0. The van der Waals surface area contributed by atoms with E-state index in [0.717, 1.165) is 6.42 Å². The second kappa shape index (κ2) is 9.59. The maximum atomic E-state index is 11.2. The normalized spacial score (nSPS) is 11.4. The number of benzene rings is 2. The van der Waals surface area contributed by atoms with Crippen molar-refractivity contribution in [2.24, 2.45) is 0 Å². The molecule has 0 saturated heterocycles. The topological polar surface area (TPSA) is 63.6 Å². The highest BCUT2D eigenvalue weighted by molar-refractivity contribution is 7.85. The van der Waals surface area contributed by atoms with Crippen molar-refractivity contribution in [3.8, 4) is 11.5 Å².